The lowest BCUT2D eigenvalue weighted by atomic mass is 10.1. The fourth-order valence-corrected chi connectivity index (χ4v) is 4.41. The highest BCUT2D eigenvalue weighted by Crippen LogP contribution is 2.34. The van der Waals surface area contributed by atoms with Gasteiger partial charge in [0.1, 0.15) is 17.3 Å². The van der Waals surface area contributed by atoms with Crippen molar-refractivity contribution < 1.29 is 23.9 Å². The number of nitrogens with zero attached hydrogens (tertiary/aromatic N) is 6. The summed E-state index contributed by atoms with van der Waals surface area (Å²) in [7, 11) is 2.91. The number of nitrogens with one attached hydrogen (secondary N) is 1. The summed E-state index contributed by atoms with van der Waals surface area (Å²) in [5.74, 6) is -0.462. The van der Waals surface area contributed by atoms with E-state index < -0.39 is 11.7 Å². The normalized spacial score (nSPS) is 13.4. The van der Waals surface area contributed by atoms with Crippen LogP contribution in [0, 0.1) is 6.92 Å². The van der Waals surface area contributed by atoms with E-state index in [1.54, 1.807) is 36.1 Å². The fourth-order valence-electron chi connectivity index (χ4n) is 4.41. The maximum atomic E-state index is 13.4. The Morgan fingerprint density at radius 2 is 1.63 bits per heavy atom. The van der Waals surface area contributed by atoms with E-state index in [0.29, 0.717) is 46.8 Å². The van der Waals surface area contributed by atoms with Gasteiger partial charge in [-0.05, 0) is 19.1 Å². The minimum atomic E-state index is -0.695. The number of benzene rings is 1. The highest BCUT2D eigenvalue weighted by molar-refractivity contribution is 6.45. The van der Waals surface area contributed by atoms with Crippen molar-refractivity contribution in [3.63, 3.8) is 0 Å². The van der Waals surface area contributed by atoms with Gasteiger partial charge < -0.3 is 24.3 Å². The van der Waals surface area contributed by atoms with Crippen molar-refractivity contribution in [1.29, 1.82) is 0 Å². The number of aromatic amines is 1. The lowest BCUT2D eigenvalue weighted by molar-refractivity contribution is -0.127. The Labute approximate surface area is 217 Å². The summed E-state index contributed by atoms with van der Waals surface area (Å²) in [4.78, 5) is 62.7. The van der Waals surface area contributed by atoms with Gasteiger partial charge in [-0.3, -0.25) is 14.4 Å². The molecule has 1 aliphatic heterocycles. The SMILES string of the molecule is COc1nc(C)nc(-c2ncc(OC)c3c(C(=O)C(=O)N4CCN(C(=O)c5ccccc5)CC4)c[nH]c23)n1. The molecule has 0 bridgehead atoms. The fraction of sp³-hybridized carbons (Fsp3) is 0.269. The Hall–Kier alpha value is -4.87. The van der Waals surface area contributed by atoms with Crippen LogP contribution >= 0.6 is 0 Å². The van der Waals surface area contributed by atoms with Crippen molar-refractivity contribution in [2.45, 2.75) is 6.92 Å². The number of aromatic nitrogens is 5. The number of rotatable bonds is 6. The number of ether oxygens (including phenoxy) is 2. The standard InChI is InChI=1S/C26H25N7O5/c1-15-29-23(31-26(30-15)38-3)21-20-19(18(37-2)14-28-21)17(13-27-20)22(34)25(36)33-11-9-32(10-12-33)24(35)16-7-5-4-6-8-16/h4-8,13-14,27H,9-12H2,1-3H3. The highest BCUT2D eigenvalue weighted by atomic mass is 16.5. The van der Waals surface area contributed by atoms with E-state index in [1.807, 2.05) is 6.07 Å². The molecule has 0 unspecified atom stereocenters. The molecule has 3 aromatic heterocycles. The number of pyridine rings is 1. The Morgan fingerprint density at radius 3 is 2.32 bits per heavy atom. The van der Waals surface area contributed by atoms with Gasteiger partial charge in [-0.25, -0.2) is 9.97 Å². The third-order valence-corrected chi connectivity index (χ3v) is 6.33. The van der Waals surface area contributed by atoms with Gasteiger partial charge >= 0.3 is 6.01 Å². The zero-order valence-electron chi connectivity index (χ0n) is 21.1. The molecule has 4 heterocycles. The lowest BCUT2D eigenvalue weighted by Gasteiger charge is -2.34. The van der Waals surface area contributed by atoms with Crippen LogP contribution < -0.4 is 9.47 Å². The number of amides is 2. The first-order chi connectivity index (χ1) is 18.4. The van der Waals surface area contributed by atoms with E-state index >= 15 is 0 Å². The van der Waals surface area contributed by atoms with Gasteiger partial charge in [0.25, 0.3) is 17.6 Å². The summed E-state index contributed by atoms with van der Waals surface area (Å²) in [5.41, 5.74) is 1.52. The van der Waals surface area contributed by atoms with Gasteiger partial charge in [0.15, 0.2) is 5.82 Å². The molecule has 2 amide bonds. The number of carbonyl (C=O) groups excluding carboxylic acids is 3. The Balaban J connectivity index is 1.40. The molecular formula is C26H25N7O5. The summed E-state index contributed by atoms with van der Waals surface area (Å²) >= 11 is 0. The second-order valence-corrected chi connectivity index (χ2v) is 8.60. The third kappa shape index (κ3) is 4.51. The molecule has 1 saturated heterocycles. The molecule has 12 heteroatoms. The number of carbonyl (C=O) groups is 3. The number of H-pyrrole nitrogens is 1. The van der Waals surface area contributed by atoms with Crippen LogP contribution in [-0.4, -0.2) is 92.7 Å². The molecule has 1 aromatic carbocycles. The zero-order valence-corrected chi connectivity index (χ0v) is 21.1. The number of piperazine rings is 1. The van der Waals surface area contributed by atoms with E-state index in [9.17, 15) is 14.4 Å². The van der Waals surface area contributed by atoms with Crippen molar-refractivity contribution >= 4 is 28.5 Å². The van der Waals surface area contributed by atoms with Crippen LogP contribution in [0.3, 0.4) is 0 Å². The maximum absolute atomic E-state index is 13.4. The first-order valence-corrected chi connectivity index (χ1v) is 11.9. The Bertz CT molecular complexity index is 1530. The van der Waals surface area contributed by atoms with E-state index in [2.05, 4.69) is 24.9 Å². The Morgan fingerprint density at radius 1 is 0.921 bits per heavy atom. The van der Waals surface area contributed by atoms with Crippen LogP contribution in [0.5, 0.6) is 11.8 Å². The summed E-state index contributed by atoms with van der Waals surface area (Å²) in [6.45, 7) is 2.86. The Kier molecular flexibility index (Phi) is 6.69. The van der Waals surface area contributed by atoms with Gasteiger partial charge in [-0.15, -0.1) is 0 Å². The monoisotopic (exact) mass is 515 g/mol. The summed E-state index contributed by atoms with van der Waals surface area (Å²) in [5, 5.41) is 0.394. The van der Waals surface area contributed by atoms with Gasteiger partial charge in [0, 0.05) is 37.9 Å². The van der Waals surface area contributed by atoms with E-state index in [-0.39, 0.29) is 36.4 Å². The minimum Gasteiger partial charge on any atom is -0.494 e. The van der Waals surface area contributed by atoms with Crippen LogP contribution in [0.25, 0.3) is 22.4 Å². The molecule has 12 nitrogen and oxygen atoms in total. The molecule has 0 atom stereocenters. The number of hydrogen-bond donors (Lipinski definition) is 1. The topological polar surface area (TPSA) is 144 Å². The molecular weight excluding hydrogens is 490 g/mol. The van der Waals surface area contributed by atoms with Crippen molar-refractivity contribution in [2.75, 3.05) is 40.4 Å². The maximum Gasteiger partial charge on any atom is 0.319 e. The first kappa shape index (κ1) is 24.8. The highest BCUT2D eigenvalue weighted by Gasteiger charge is 2.31. The minimum absolute atomic E-state index is 0.101. The average molecular weight is 516 g/mol. The van der Waals surface area contributed by atoms with Crippen LogP contribution in [0.15, 0.2) is 42.7 Å². The van der Waals surface area contributed by atoms with Gasteiger partial charge in [0.05, 0.1) is 36.9 Å². The quantitative estimate of drug-likeness (QED) is 0.301. The zero-order chi connectivity index (χ0) is 26.8. The van der Waals surface area contributed by atoms with Crippen molar-refractivity contribution in [1.82, 2.24) is 34.7 Å². The van der Waals surface area contributed by atoms with E-state index in [1.165, 1.54) is 31.5 Å². The molecule has 1 N–H and O–H groups in total. The first-order valence-electron chi connectivity index (χ1n) is 11.9. The summed E-state index contributed by atoms with van der Waals surface area (Å²) in [6.07, 6.45) is 2.91. The van der Waals surface area contributed by atoms with Crippen LogP contribution in [0.1, 0.15) is 26.5 Å². The lowest BCUT2D eigenvalue weighted by Crippen LogP contribution is -2.52. The van der Waals surface area contributed by atoms with Gasteiger partial charge in [-0.2, -0.15) is 9.97 Å². The number of aryl methyl sites for hydroxylation is 1. The third-order valence-electron chi connectivity index (χ3n) is 6.33. The van der Waals surface area contributed by atoms with Crippen molar-refractivity contribution in [2.24, 2.45) is 0 Å². The molecule has 0 radical (unpaired) electrons. The molecule has 4 aromatic rings. The second-order valence-electron chi connectivity index (χ2n) is 8.60. The van der Waals surface area contributed by atoms with Crippen LogP contribution in [0.2, 0.25) is 0 Å². The molecule has 194 valence electrons. The number of ketones is 1. The summed E-state index contributed by atoms with van der Waals surface area (Å²) < 4.78 is 10.6. The summed E-state index contributed by atoms with van der Waals surface area (Å²) in [6, 6.07) is 9.10. The molecule has 0 saturated carbocycles. The predicted octanol–water partition coefficient (Wildman–Crippen LogP) is 1.91. The van der Waals surface area contributed by atoms with Gasteiger partial charge in [0.2, 0.25) is 0 Å². The number of fused-ring (bicyclic) bond motifs is 1. The average Bonchev–Trinajstić information content (AvgIpc) is 3.41. The molecule has 38 heavy (non-hydrogen) atoms. The number of methoxy groups -OCH3 is 2. The molecule has 5 rings (SSSR count). The predicted molar refractivity (Wildman–Crippen MR) is 136 cm³/mol. The van der Waals surface area contributed by atoms with Gasteiger partial charge in [-0.1, -0.05) is 18.2 Å². The van der Waals surface area contributed by atoms with Crippen LogP contribution in [-0.2, 0) is 4.79 Å². The smallest absolute Gasteiger partial charge is 0.319 e. The molecule has 0 spiro atoms. The number of hydrogen-bond acceptors (Lipinski definition) is 9. The van der Waals surface area contributed by atoms with Crippen molar-refractivity contribution in [3.8, 4) is 23.3 Å². The van der Waals surface area contributed by atoms with E-state index in [4.69, 9.17) is 9.47 Å². The molecule has 0 aliphatic carbocycles. The van der Waals surface area contributed by atoms with Crippen molar-refractivity contribution in [3.05, 3.63) is 59.7 Å². The number of Topliss-reactive ketones (excluding diaryl/α,β-unsaturated/α-hetero) is 1. The molecule has 1 fully saturated rings. The second kappa shape index (κ2) is 10.2. The largest absolute Gasteiger partial charge is 0.494 e. The van der Waals surface area contributed by atoms with E-state index in [0.717, 1.165) is 0 Å². The van der Waals surface area contributed by atoms with Crippen LogP contribution in [0.4, 0.5) is 0 Å². The molecule has 1 aliphatic rings.